The van der Waals surface area contributed by atoms with Crippen LogP contribution in [-0.2, 0) is 11.2 Å². The number of carbonyl (C=O) groups is 1. The summed E-state index contributed by atoms with van der Waals surface area (Å²) in [4.78, 5) is 18.9. The quantitative estimate of drug-likeness (QED) is 0.723. The number of rotatable bonds is 9. The average molecular weight is 316 g/mol. The van der Waals surface area contributed by atoms with Gasteiger partial charge < -0.3 is 14.6 Å². The summed E-state index contributed by atoms with van der Waals surface area (Å²) in [6, 6.07) is 4.06. The number of unbranched alkanes of at least 4 members (excludes halogenated alkanes) is 1. The van der Waals surface area contributed by atoms with Gasteiger partial charge in [0.15, 0.2) is 0 Å². The van der Waals surface area contributed by atoms with Gasteiger partial charge in [-0.05, 0) is 57.1 Å². The minimum atomic E-state index is 0.0490. The number of fused-ring (bicyclic) bond motifs is 1. The molecular formula is C18H28N4O. The van der Waals surface area contributed by atoms with Crippen LogP contribution in [0.1, 0.15) is 37.9 Å². The number of pyridine rings is 1. The highest BCUT2D eigenvalue weighted by molar-refractivity contribution is 5.78. The average Bonchev–Trinajstić information content (AvgIpc) is 2.92. The van der Waals surface area contributed by atoms with Gasteiger partial charge in [-0.1, -0.05) is 13.8 Å². The van der Waals surface area contributed by atoms with Crippen LogP contribution in [0.3, 0.4) is 0 Å². The molecule has 2 aromatic rings. The van der Waals surface area contributed by atoms with E-state index in [2.05, 4.69) is 29.0 Å². The molecule has 0 aliphatic rings. The number of imidazole rings is 1. The van der Waals surface area contributed by atoms with E-state index in [9.17, 15) is 4.79 Å². The fraction of sp³-hybridized carbons (Fsp3) is 0.556. The predicted molar refractivity (Wildman–Crippen MR) is 93.7 cm³/mol. The summed E-state index contributed by atoms with van der Waals surface area (Å²) in [6.07, 6.45) is 6.39. The van der Waals surface area contributed by atoms with E-state index in [0.717, 1.165) is 50.4 Å². The maximum absolute atomic E-state index is 12.0. The Bertz CT molecular complexity index is 631. The number of carbonyl (C=O) groups excluding carboxylic acids is 1. The van der Waals surface area contributed by atoms with Crippen molar-refractivity contribution in [2.45, 2.75) is 40.0 Å². The van der Waals surface area contributed by atoms with Gasteiger partial charge in [0, 0.05) is 18.9 Å². The number of hydrogen-bond donors (Lipinski definition) is 1. The molecule has 0 saturated carbocycles. The van der Waals surface area contributed by atoms with Crippen molar-refractivity contribution >= 4 is 11.6 Å². The highest BCUT2D eigenvalue weighted by Gasteiger charge is 2.07. The summed E-state index contributed by atoms with van der Waals surface area (Å²) in [6.45, 7) is 10.4. The van der Waals surface area contributed by atoms with E-state index in [1.165, 1.54) is 5.56 Å². The number of nitrogens with zero attached hydrogens (tertiary/aromatic N) is 3. The van der Waals surface area contributed by atoms with Crippen LogP contribution in [0.25, 0.3) is 5.65 Å². The maximum atomic E-state index is 12.0. The lowest BCUT2D eigenvalue weighted by molar-refractivity contribution is -0.120. The standard InChI is InChI=1S/C18H28N4O/c1-4-21(5-2)10-7-6-9-19-18(23)13-16-14-22-11-8-15(3)12-17(22)20-16/h8,11-12,14H,4-7,9-10,13H2,1-3H3,(H,19,23). The van der Waals surface area contributed by atoms with Gasteiger partial charge in [0.1, 0.15) is 5.65 Å². The van der Waals surface area contributed by atoms with Crippen molar-refractivity contribution in [2.75, 3.05) is 26.2 Å². The minimum Gasteiger partial charge on any atom is -0.356 e. The van der Waals surface area contributed by atoms with Gasteiger partial charge in [-0.15, -0.1) is 0 Å². The van der Waals surface area contributed by atoms with Gasteiger partial charge in [-0.2, -0.15) is 0 Å². The lowest BCUT2D eigenvalue weighted by Gasteiger charge is -2.17. The largest absolute Gasteiger partial charge is 0.356 e. The van der Waals surface area contributed by atoms with E-state index >= 15 is 0 Å². The minimum absolute atomic E-state index is 0.0490. The number of amides is 1. The third-order valence-electron chi connectivity index (χ3n) is 4.12. The molecule has 0 aromatic carbocycles. The van der Waals surface area contributed by atoms with Gasteiger partial charge in [0.05, 0.1) is 12.1 Å². The first kappa shape index (κ1) is 17.5. The molecule has 0 saturated heterocycles. The normalized spacial score (nSPS) is 11.3. The van der Waals surface area contributed by atoms with Crippen LogP contribution >= 0.6 is 0 Å². The first-order chi connectivity index (χ1) is 11.1. The Morgan fingerprint density at radius 1 is 1.30 bits per heavy atom. The number of hydrogen-bond acceptors (Lipinski definition) is 3. The first-order valence-corrected chi connectivity index (χ1v) is 8.55. The van der Waals surface area contributed by atoms with Crippen LogP contribution in [0.2, 0.25) is 0 Å². The molecule has 0 bridgehead atoms. The second-order valence-corrected chi connectivity index (χ2v) is 5.96. The fourth-order valence-electron chi connectivity index (χ4n) is 2.68. The lowest BCUT2D eigenvalue weighted by atomic mass is 10.2. The van der Waals surface area contributed by atoms with Crippen molar-refractivity contribution in [1.29, 1.82) is 0 Å². The highest BCUT2D eigenvalue weighted by Crippen LogP contribution is 2.08. The molecule has 0 radical (unpaired) electrons. The van der Waals surface area contributed by atoms with Crippen LogP contribution in [0.15, 0.2) is 24.5 Å². The molecule has 0 aliphatic carbocycles. The zero-order valence-electron chi connectivity index (χ0n) is 14.5. The van der Waals surface area contributed by atoms with Crippen molar-refractivity contribution in [3.8, 4) is 0 Å². The van der Waals surface area contributed by atoms with Crippen molar-refractivity contribution < 1.29 is 4.79 Å². The summed E-state index contributed by atoms with van der Waals surface area (Å²) in [5.74, 6) is 0.0490. The zero-order chi connectivity index (χ0) is 16.7. The molecule has 1 amide bonds. The molecule has 126 valence electrons. The maximum Gasteiger partial charge on any atom is 0.226 e. The van der Waals surface area contributed by atoms with Crippen LogP contribution in [0, 0.1) is 6.92 Å². The Balaban J connectivity index is 1.71. The van der Waals surface area contributed by atoms with Crippen LogP contribution in [0.4, 0.5) is 0 Å². The summed E-state index contributed by atoms with van der Waals surface area (Å²) in [7, 11) is 0. The van der Waals surface area contributed by atoms with E-state index in [4.69, 9.17) is 0 Å². The first-order valence-electron chi connectivity index (χ1n) is 8.55. The lowest BCUT2D eigenvalue weighted by Crippen LogP contribution is -2.28. The molecule has 2 rings (SSSR count). The van der Waals surface area contributed by atoms with Crippen molar-refractivity contribution in [1.82, 2.24) is 19.6 Å². The van der Waals surface area contributed by atoms with Crippen molar-refractivity contribution in [3.63, 3.8) is 0 Å². The molecule has 23 heavy (non-hydrogen) atoms. The number of aromatic nitrogens is 2. The summed E-state index contributed by atoms with van der Waals surface area (Å²) >= 11 is 0. The van der Waals surface area contributed by atoms with Crippen molar-refractivity contribution in [3.05, 3.63) is 35.8 Å². The van der Waals surface area contributed by atoms with Gasteiger partial charge in [-0.25, -0.2) is 4.98 Å². The molecule has 5 nitrogen and oxygen atoms in total. The summed E-state index contributed by atoms with van der Waals surface area (Å²) in [5.41, 5.74) is 2.88. The molecule has 2 heterocycles. The molecular weight excluding hydrogens is 288 g/mol. The summed E-state index contributed by atoms with van der Waals surface area (Å²) in [5, 5.41) is 2.99. The Kier molecular flexibility index (Phi) is 6.59. The van der Waals surface area contributed by atoms with Crippen LogP contribution in [-0.4, -0.2) is 46.4 Å². The monoisotopic (exact) mass is 316 g/mol. The second-order valence-electron chi connectivity index (χ2n) is 5.96. The van der Waals surface area contributed by atoms with E-state index in [0.29, 0.717) is 6.42 Å². The van der Waals surface area contributed by atoms with E-state index in [1.807, 2.05) is 35.9 Å². The van der Waals surface area contributed by atoms with Gasteiger partial charge >= 0.3 is 0 Å². The van der Waals surface area contributed by atoms with Gasteiger partial charge in [0.2, 0.25) is 5.91 Å². The van der Waals surface area contributed by atoms with Crippen LogP contribution < -0.4 is 5.32 Å². The van der Waals surface area contributed by atoms with Crippen LogP contribution in [0.5, 0.6) is 0 Å². The zero-order valence-corrected chi connectivity index (χ0v) is 14.5. The van der Waals surface area contributed by atoms with E-state index < -0.39 is 0 Å². The topological polar surface area (TPSA) is 49.6 Å². The Labute approximate surface area is 138 Å². The molecule has 0 unspecified atom stereocenters. The molecule has 1 N–H and O–H groups in total. The third kappa shape index (κ3) is 5.36. The smallest absolute Gasteiger partial charge is 0.226 e. The van der Waals surface area contributed by atoms with Crippen molar-refractivity contribution in [2.24, 2.45) is 0 Å². The van der Waals surface area contributed by atoms with E-state index in [-0.39, 0.29) is 5.91 Å². The van der Waals surface area contributed by atoms with E-state index in [1.54, 1.807) is 0 Å². The number of nitrogens with one attached hydrogen (secondary N) is 1. The number of aryl methyl sites for hydroxylation is 1. The summed E-state index contributed by atoms with van der Waals surface area (Å²) < 4.78 is 1.96. The highest BCUT2D eigenvalue weighted by atomic mass is 16.1. The molecule has 0 atom stereocenters. The Hall–Kier alpha value is -1.88. The predicted octanol–water partition coefficient (Wildman–Crippen LogP) is 2.42. The fourth-order valence-corrected chi connectivity index (χ4v) is 2.68. The Morgan fingerprint density at radius 3 is 2.83 bits per heavy atom. The third-order valence-corrected chi connectivity index (χ3v) is 4.12. The SMILES string of the molecule is CCN(CC)CCCCNC(=O)Cc1cn2ccc(C)cc2n1. The Morgan fingerprint density at radius 2 is 2.09 bits per heavy atom. The molecule has 0 aliphatic heterocycles. The van der Waals surface area contributed by atoms with Gasteiger partial charge in [-0.3, -0.25) is 4.79 Å². The molecule has 0 fully saturated rings. The molecule has 5 heteroatoms. The second kappa shape index (κ2) is 8.67. The molecule has 2 aromatic heterocycles. The molecule has 0 spiro atoms. The van der Waals surface area contributed by atoms with Gasteiger partial charge in [0.25, 0.3) is 0 Å².